The van der Waals surface area contributed by atoms with E-state index in [2.05, 4.69) is 50.3 Å². The van der Waals surface area contributed by atoms with Crippen LogP contribution in [0.25, 0.3) is 20.7 Å². The summed E-state index contributed by atoms with van der Waals surface area (Å²) in [6.07, 6.45) is 0. The lowest BCUT2D eigenvalue weighted by atomic mass is 10.2. The average molecular weight is 407 g/mol. The molecular weight excluding hydrogens is 384 g/mol. The summed E-state index contributed by atoms with van der Waals surface area (Å²) in [6.45, 7) is 8.22. The van der Waals surface area contributed by atoms with Gasteiger partial charge in [-0.2, -0.15) is 4.98 Å². The van der Waals surface area contributed by atoms with Gasteiger partial charge in [0.2, 0.25) is 5.89 Å². The summed E-state index contributed by atoms with van der Waals surface area (Å²) in [7, 11) is 0. The highest BCUT2D eigenvalue weighted by atomic mass is 32.1. The standard InChI is InChI=1S/C21H22N6OS/c1-14-22-20(17-12-18(29-21(17)23-14)16-6-4-3-5-7-16)27-10-8-26(9-11-27)13-19-24-15(2)28-25-19/h3-7,12H,8-11,13H2,1-2H3. The van der Waals surface area contributed by atoms with Gasteiger partial charge in [0.25, 0.3) is 0 Å². The zero-order chi connectivity index (χ0) is 19.8. The molecule has 0 aliphatic carbocycles. The number of rotatable bonds is 4. The van der Waals surface area contributed by atoms with Gasteiger partial charge >= 0.3 is 0 Å². The Balaban J connectivity index is 1.38. The molecule has 0 spiro atoms. The molecule has 29 heavy (non-hydrogen) atoms. The number of benzene rings is 1. The Morgan fingerprint density at radius 3 is 2.52 bits per heavy atom. The fourth-order valence-corrected chi connectivity index (χ4v) is 4.80. The number of fused-ring (bicyclic) bond motifs is 1. The van der Waals surface area contributed by atoms with Gasteiger partial charge in [0, 0.05) is 38.0 Å². The van der Waals surface area contributed by atoms with E-state index >= 15 is 0 Å². The van der Waals surface area contributed by atoms with Gasteiger partial charge in [0.1, 0.15) is 16.5 Å². The van der Waals surface area contributed by atoms with Gasteiger partial charge in [-0.1, -0.05) is 35.5 Å². The van der Waals surface area contributed by atoms with Crippen molar-refractivity contribution in [3.8, 4) is 10.4 Å². The first-order valence-electron chi connectivity index (χ1n) is 9.76. The molecule has 148 valence electrons. The quantitative estimate of drug-likeness (QED) is 0.512. The third-order valence-electron chi connectivity index (χ3n) is 5.15. The van der Waals surface area contributed by atoms with Gasteiger partial charge in [0.15, 0.2) is 5.82 Å². The molecule has 1 saturated heterocycles. The molecular formula is C21H22N6OS. The topological polar surface area (TPSA) is 71.2 Å². The Morgan fingerprint density at radius 2 is 1.79 bits per heavy atom. The predicted molar refractivity (Wildman–Crippen MR) is 114 cm³/mol. The summed E-state index contributed by atoms with van der Waals surface area (Å²) in [4.78, 5) is 20.8. The van der Waals surface area contributed by atoms with Crippen LogP contribution in [0.3, 0.4) is 0 Å². The third kappa shape index (κ3) is 3.73. The fourth-order valence-electron chi connectivity index (χ4n) is 3.72. The summed E-state index contributed by atoms with van der Waals surface area (Å²) in [5.74, 6) is 3.23. The van der Waals surface area contributed by atoms with Crippen LogP contribution < -0.4 is 4.90 Å². The van der Waals surface area contributed by atoms with E-state index in [1.807, 2.05) is 19.9 Å². The number of hydrogen-bond donors (Lipinski definition) is 0. The van der Waals surface area contributed by atoms with Crippen molar-refractivity contribution in [2.75, 3.05) is 31.1 Å². The average Bonchev–Trinajstić information content (AvgIpc) is 3.34. The van der Waals surface area contributed by atoms with Crippen molar-refractivity contribution < 1.29 is 4.52 Å². The van der Waals surface area contributed by atoms with Crippen molar-refractivity contribution in [2.24, 2.45) is 0 Å². The number of piperazine rings is 1. The van der Waals surface area contributed by atoms with Crippen LogP contribution in [-0.4, -0.2) is 51.2 Å². The first-order valence-corrected chi connectivity index (χ1v) is 10.6. The lowest BCUT2D eigenvalue weighted by Crippen LogP contribution is -2.46. The van der Waals surface area contributed by atoms with Crippen LogP contribution in [0, 0.1) is 13.8 Å². The van der Waals surface area contributed by atoms with E-state index in [0.717, 1.165) is 60.4 Å². The number of anilines is 1. The molecule has 0 N–H and O–H groups in total. The molecule has 0 radical (unpaired) electrons. The molecule has 0 atom stereocenters. The highest BCUT2D eigenvalue weighted by Gasteiger charge is 2.22. The number of aromatic nitrogens is 4. The molecule has 4 aromatic rings. The second-order valence-corrected chi connectivity index (χ2v) is 8.31. The minimum absolute atomic E-state index is 0.615. The summed E-state index contributed by atoms with van der Waals surface area (Å²) in [6, 6.07) is 12.7. The van der Waals surface area contributed by atoms with E-state index < -0.39 is 0 Å². The zero-order valence-corrected chi connectivity index (χ0v) is 17.3. The Bertz CT molecular complexity index is 1130. The third-order valence-corrected chi connectivity index (χ3v) is 6.23. The van der Waals surface area contributed by atoms with Gasteiger partial charge in [-0.15, -0.1) is 11.3 Å². The van der Waals surface area contributed by atoms with E-state index in [0.29, 0.717) is 5.89 Å². The lowest BCUT2D eigenvalue weighted by molar-refractivity contribution is 0.239. The van der Waals surface area contributed by atoms with Crippen molar-refractivity contribution >= 4 is 27.4 Å². The monoisotopic (exact) mass is 406 g/mol. The van der Waals surface area contributed by atoms with Crippen LogP contribution in [0.5, 0.6) is 0 Å². The maximum Gasteiger partial charge on any atom is 0.223 e. The van der Waals surface area contributed by atoms with Crippen molar-refractivity contribution in [3.05, 3.63) is 53.9 Å². The molecule has 5 rings (SSSR count). The predicted octanol–water partition coefficient (Wildman–Crippen LogP) is 3.68. The Kier molecular flexibility index (Phi) is 4.73. The molecule has 0 bridgehead atoms. The van der Waals surface area contributed by atoms with E-state index in [4.69, 9.17) is 14.5 Å². The molecule has 1 aliphatic rings. The number of aryl methyl sites for hydroxylation is 2. The molecule has 3 aromatic heterocycles. The van der Waals surface area contributed by atoms with Crippen LogP contribution in [0.2, 0.25) is 0 Å². The smallest absolute Gasteiger partial charge is 0.223 e. The molecule has 7 nitrogen and oxygen atoms in total. The van der Waals surface area contributed by atoms with E-state index in [1.165, 1.54) is 10.4 Å². The molecule has 0 saturated carbocycles. The van der Waals surface area contributed by atoms with Crippen molar-refractivity contribution in [3.63, 3.8) is 0 Å². The lowest BCUT2D eigenvalue weighted by Gasteiger charge is -2.35. The Labute approximate surface area is 173 Å². The van der Waals surface area contributed by atoms with Gasteiger partial charge in [-0.05, 0) is 18.6 Å². The van der Waals surface area contributed by atoms with Gasteiger partial charge in [-0.3, -0.25) is 4.90 Å². The number of thiophene rings is 1. The Hall–Kier alpha value is -2.84. The van der Waals surface area contributed by atoms with Crippen molar-refractivity contribution in [1.29, 1.82) is 0 Å². The van der Waals surface area contributed by atoms with Crippen LogP contribution in [0.4, 0.5) is 5.82 Å². The van der Waals surface area contributed by atoms with Gasteiger partial charge in [0.05, 0.1) is 11.9 Å². The van der Waals surface area contributed by atoms with Crippen LogP contribution in [-0.2, 0) is 6.54 Å². The minimum atomic E-state index is 0.615. The summed E-state index contributed by atoms with van der Waals surface area (Å²) in [5.41, 5.74) is 1.22. The Morgan fingerprint density at radius 1 is 1.00 bits per heavy atom. The van der Waals surface area contributed by atoms with Crippen LogP contribution in [0.1, 0.15) is 17.5 Å². The van der Waals surface area contributed by atoms with E-state index in [-0.39, 0.29) is 0 Å². The normalized spacial score (nSPS) is 15.3. The summed E-state index contributed by atoms with van der Waals surface area (Å²) in [5, 5.41) is 5.15. The van der Waals surface area contributed by atoms with Gasteiger partial charge < -0.3 is 9.42 Å². The first kappa shape index (κ1) is 18.2. The summed E-state index contributed by atoms with van der Waals surface area (Å²) < 4.78 is 5.08. The molecule has 0 unspecified atom stereocenters. The van der Waals surface area contributed by atoms with Crippen LogP contribution in [0.15, 0.2) is 40.9 Å². The molecule has 1 aromatic carbocycles. The largest absolute Gasteiger partial charge is 0.353 e. The molecule has 0 amide bonds. The molecule has 4 heterocycles. The van der Waals surface area contributed by atoms with Crippen LogP contribution >= 0.6 is 11.3 Å². The maximum atomic E-state index is 5.08. The first-order chi connectivity index (χ1) is 14.2. The zero-order valence-electron chi connectivity index (χ0n) is 16.5. The summed E-state index contributed by atoms with van der Waals surface area (Å²) >= 11 is 1.73. The van der Waals surface area contributed by atoms with E-state index in [1.54, 1.807) is 11.3 Å². The second-order valence-electron chi connectivity index (χ2n) is 7.28. The SMILES string of the molecule is Cc1nc(N2CCN(Cc3noc(C)n3)CC2)c2cc(-c3ccccc3)sc2n1. The highest BCUT2D eigenvalue weighted by molar-refractivity contribution is 7.21. The van der Waals surface area contributed by atoms with Crippen molar-refractivity contribution in [1.82, 2.24) is 25.0 Å². The van der Waals surface area contributed by atoms with Crippen molar-refractivity contribution in [2.45, 2.75) is 20.4 Å². The maximum absolute atomic E-state index is 5.08. The fraction of sp³-hybridized carbons (Fsp3) is 0.333. The van der Waals surface area contributed by atoms with E-state index in [9.17, 15) is 0 Å². The molecule has 1 aliphatic heterocycles. The van der Waals surface area contributed by atoms with Gasteiger partial charge in [-0.25, -0.2) is 9.97 Å². The molecule has 8 heteroatoms. The molecule has 1 fully saturated rings. The number of nitrogens with zero attached hydrogens (tertiary/aromatic N) is 6. The second kappa shape index (κ2) is 7.53. The minimum Gasteiger partial charge on any atom is -0.353 e. The highest BCUT2D eigenvalue weighted by Crippen LogP contribution is 2.36. The number of hydrogen-bond acceptors (Lipinski definition) is 8.